The lowest BCUT2D eigenvalue weighted by Crippen LogP contribution is -2.17. The largest absolute Gasteiger partial charge is 0.309 e. The molecule has 1 atom stereocenters. The molecule has 14 heavy (non-hydrogen) atoms. The van der Waals surface area contributed by atoms with Crippen LogP contribution < -0.4 is 5.32 Å². The molecule has 0 saturated carbocycles. The smallest absolute Gasteiger partial charge is 0.0928 e. The van der Waals surface area contributed by atoms with Crippen LogP contribution in [-0.2, 0) is 6.42 Å². The SMILES string of the molecule is CCCCc1nc(C(C)NCC)cs1. The van der Waals surface area contributed by atoms with Crippen molar-refractivity contribution in [1.82, 2.24) is 10.3 Å². The highest BCUT2D eigenvalue weighted by molar-refractivity contribution is 7.09. The molecule has 0 bridgehead atoms. The van der Waals surface area contributed by atoms with Crippen LogP contribution in [0, 0.1) is 0 Å². The van der Waals surface area contributed by atoms with Gasteiger partial charge in [-0.2, -0.15) is 0 Å². The van der Waals surface area contributed by atoms with Crippen LogP contribution in [0.1, 0.15) is 50.4 Å². The molecule has 1 heterocycles. The van der Waals surface area contributed by atoms with E-state index in [0.717, 1.165) is 13.0 Å². The number of hydrogen-bond acceptors (Lipinski definition) is 3. The summed E-state index contributed by atoms with van der Waals surface area (Å²) in [6.45, 7) is 7.52. The summed E-state index contributed by atoms with van der Waals surface area (Å²) in [7, 11) is 0. The van der Waals surface area contributed by atoms with Gasteiger partial charge in [0.15, 0.2) is 0 Å². The first-order valence-electron chi connectivity index (χ1n) is 5.45. The van der Waals surface area contributed by atoms with Gasteiger partial charge in [-0.15, -0.1) is 11.3 Å². The van der Waals surface area contributed by atoms with Crippen molar-refractivity contribution in [2.24, 2.45) is 0 Å². The maximum Gasteiger partial charge on any atom is 0.0928 e. The standard InChI is InChI=1S/C11H20N2S/c1-4-6-7-11-13-10(8-14-11)9(3)12-5-2/h8-9,12H,4-7H2,1-3H3. The molecule has 0 fully saturated rings. The van der Waals surface area contributed by atoms with Crippen LogP contribution in [0.3, 0.4) is 0 Å². The van der Waals surface area contributed by atoms with E-state index in [1.54, 1.807) is 11.3 Å². The van der Waals surface area contributed by atoms with Gasteiger partial charge in [0.1, 0.15) is 0 Å². The Kier molecular flexibility index (Phi) is 5.12. The topological polar surface area (TPSA) is 24.9 Å². The Morgan fingerprint density at radius 1 is 1.50 bits per heavy atom. The minimum atomic E-state index is 0.395. The van der Waals surface area contributed by atoms with E-state index in [1.165, 1.54) is 23.5 Å². The Morgan fingerprint density at radius 2 is 2.29 bits per heavy atom. The van der Waals surface area contributed by atoms with E-state index in [1.807, 2.05) is 0 Å². The molecule has 2 nitrogen and oxygen atoms in total. The Balaban J connectivity index is 2.49. The maximum absolute atomic E-state index is 4.62. The molecule has 0 aliphatic rings. The quantitative estimate of drug-likeness (QED) is 0.783. The molecule has 0 aliphatic heterocycles. The first-order chi connectivity index (χ1) is 6.77. The summed E-state index contributed by atoms with van der Waals surface area (Å²) < 4.78 is 0. The molecule has 1 rings (SSSR count). The van der Waals surface area contributed by atoms with Crippen LogP contribution in [0.5, 0.6) is 0 Å². The Hall–Kier alpha value is -0.410. The molecule has 0 saturated heterocycles. The second-order valence-electron chi connectivity index (χ2n) is 3.55. The van der Waals surface area contributed by atoms with E-state index in [0.29, 0.717) is 6.04 Å². The predicted molar refractivity (Wildman–Crippen MR) is 62.8 cm³/mol. The molecule has 0 aromatic carbocycles. The molecule has 1 unspecified atom stereocenters. The molecule has 1 aromatic rings. The summed E-state index contributed by atoms with van der Waals surface area (Å²) in [6, 6.07) is 0.395. The molecule has 0 aliphatic carbocycles. The second-order valence-corrected chi connectivity index (χ2v) is 4.49. The van der Waals surface area contributed by atoms with Gasteiger partial charge < -0.3 is 5.32 Å². The van der Waals surface area contributed by atoms with Crippen molar-refractivity contribution in [3.63, 3.8) is 0 Å². The lowest BCUT2D eigenvalue weighted by molar-refractivity contribution is 0.584. The first kappa shape index (κ1) is 11.7. The normalized spacial score (nSPS) is 13.1. The number of hydrogen-bond donors (Lipinski definition) is 1. The predicted octanol–water partition coefficient (Wildman–Crippen LogP) is 3.16. The monoisotopic (exact) mass is 212 g/mol. The van der Waals surface area contributed by atoms with Crippen LogP contribution in [0.15, 0.2) is 5.38 Å². The van der Waals surface area contributed by atoms with Crippen LogP contribution in [0.2, 0.25) is 0 Å². The van der Waals surface area contributed by atoms with Crippen molar-refractivity contribution in [2.75, 3.05) is 6.54 Å². The van der Waals surface area contributed by atoms with Crippen molar-refractivity contribution >= 4 is 11.3 Å². The van der Waals surface area contributed by atoms with Gasteiger partial charge in [0.05, 0.1) is 10.7 Å². The van der Waals surface area contributed by atoms with Gasteiger partial charge >= 0.3 is 0 Å². The minimum Gasteiger partial charge on any atom is -0.309 e. The number of thiazole rings is 1. The van der Waals surface area contributed by atoms with E-state index in [2.05, 4.69) is 36.5 Å². The van der Waals surface area contributed by atoms with Gasteiger partial charge in [-0.05, 0) is 26.3 Å². The van der Waals surface area contributed by atoms with E-state index in [4.69, 9.17) is 0 Å². The fourth-order valence-electron chi connectivity index (χ4n) is 1.38. The summed E-state index contributed by atoms with van der Waals surface area (Å²) in [5.41, 5.74) is 1.20. The molecular weight excluding hydrogens is 192 g/mol. The zero-order valence-electron chi connectivity index (χ0n) is 9.34. The summed E-state index contributed by atoms with van der Waals surface area (Å²) in [6.07, 6.45) is 3.64. The zero-order chi connectivity index (χ0) is 10.4. The van der Waals surface area contributed by atoms with Gasteiger partial charge in [0.2, 0.25) is 0 Å². The first-order valence-corrected chi connectivity index (χ1v) is 6.33. The molecule has 80 valence electrons. The third kappa shape index (κ3) is 3.39. The van der Waals surface area contributed by atoms with Crippen molar-refractivity contribution in [1.29, 1.82) is 0 Å². The Morgan fingerprint density at radius 3 is 2.93 bits per heavy atom. The maximum atomic E-state index is 4.62. The fraction of sp³-hybridized carbons (Fsp3) is 0.727. The van der Waals surface area contributed by atoms with Crippen LogP contribution in [0.4, 0.5) is 0 Å². The molecule has 0 radical (unpaired) electrons. The summed E-state index contributed by atoms with van der Waals surface area (Å²) in [5, 5.41) is 6.84. The third-order valence-corrected chi connectivity index (χ3v) is 3.19. The Labute approximate surface area is 90.8 Å². The van der Waals surface area contributed by atoms with Gasteiger partial charge in [-0.1, -0.05) is 20.3 Å². The number of aromatic nitrogens is 1. The molecule has 0 spiro atoms. The van der Waals surface area contributed by atoms with Crippen molar-refractivity contribution < 1.29 is 0 Å². The zero-order valence-corrected chi connectivity index (χ0v) is 10.2. The van der Waals surface area contributed by atoms with Gasteiger partial charge in [0.25, 0.3) is 0 Å². The summed E-state index contributed by atoms with van der Waals surface area (Å²) in [4.78, 5) is 4.62. The minimum absolute atomic E-state index is 0.395. The van der Waals surface area contributed by atoms with Crippen LogP contribution in [0.25, 0.3) is 0 Å². The van der Waals surface area contributed by atoms with E-state index >= 15 is 0 Å². The highest BCUT2D eigenvalue weighted by atomic mass is 32.1. The average molecular weight is 212 g/mol. The highest BCUT2D eigenvalue weighted by Crippen LogP contribution is 2.17. The molecule has 1 N–H and O–H groups in total. The average Bonchev–Trinajstić information content (AvgIpc) is 2.63. The fourth-order valence-corrected chi connectivity index (χ4v) is 2.31. The van der Waals surface area contributed by atoms with Gasteiger partial charge in [-0.25, -0.2) is 4.98 Å². The summed E-state index contributed by atoms with van der Waals surface area (Å²) in [5.74, 6) is 0. The van der Waals surface area contributed by atoms with Gasteiger partial charge in [-0.3, -0.25) is 0 Å². The van der Waals surface area contributed by atoms with Crippen molar-refractivity contribution in [3.8, 4) is 0 Å². The lowest BCUT2D eigenvalue weighted by Gasteiger charge is -2.08. The van der Waals surface area contributed by atoms with E-state index in [9.17, 15) is 0 Å². The highest BCUT2D eigenvalue weighted by Gasteiger charge is 2.07. The number of unbranched alkanes of at least 4 members (excludes halogenated alkanes) is 1. The number of nitrogens with one attached hydrogen (secondary N) is 1. The Bertz CT molecular complexity index is 258. The molecular formula is C11H20N2S. The van der Waals surface area contributed by atoms with E-state index in [-0.39, 0.29) is 0 Å². The molecule has 0 amide bonds. The second kappa shape index (κ2) is 6.14. The summed E-state index contributed by atoms with van der Waals surface area (Å²) >= 11 is 1.79. The molecule has 3 heteroatoms. The van der Waals surface area contributed by atoms with E-state index < -0.39 is 0 Å². The molecule has 1 aromatic heterocycles. The number of rotatable bonds is 6. The number of nitrogens with zero attached hydrogens (tertiary/aromatic N) is 1. The number of aryl methyl sites for hydroxylation is 1. The third-order valence-electron chi connectivity index (χ3n) is 2.27. The van der Waals surface area contributed by atoms with Crippen LogP contribution in [-0.4, -0.2) is 11.5 Å². The van der Waals surface area contributed by atoms with Crippen molar-refractivity contribution in [3.05, 3.63) is 16.1 Å². The van der Waals surface area contributed by atoms with Crippen molar-refractivity contribution in [2.45, 2.75) is 46.1 Å². The van der Waals surface area contributed by atoms with Crippen LogP contribution >= 0.6 is 11.3 Å². The van der Waals surface area contributed by atoms with Gasteiger partial charge in [0, 0.05) is 11.4 Å². The lowest BCUT2D eigenvalue weighted by atomic mass is 10.2.